The van der Waals surface area contributed by atoms with Crippen LogP contribution in [-0.4, -0.2) is 17.8 Å². The largest absolute Gasteiger partial charge is 0.396 e. The van der Waals surface area contributed by atoms with Gasteiger partial charge in [-0.25, -0.2) is 0 Å². The molecule has 0 saturated carbocycles. The van der Waals surface area contributed by atoms with E-state index in [0.717, 1.165) is 17.2 Å². The minimum atomic E-state index is 0.183. The quantitative estimate of drug-likeness (QED) is 0.860. The Morgan fingerprint density at radius 2 is 2.05 bits per heavy atom. The molecule has 0 aliphatic carbocycles. The van der Waals surface area contributed by atoms with Crippen LogP contribution in [-0.2, 0) is 6.42 Å². The third kappa shape index (κ3) is 3.54. The van der Waals surface area contributed by atoms with E-state index in [0.29, 0.717) is 24.4 Å². The van der Waals surface area contributed by atoms with E-state index in [-0.39, 0.29) is 6.61 Å². The smallest absolute Gasteiger partial charge is 0.0934 e. The molecule has 1 aliphatic rings. The van der Waals surface area contributed by atoms with Crippen LogP contribution < -0.4 is 5.32 Å². The van der Waals surface area contributed by atoms with Crippen molar-refractivity contribution in [3.63, 3.8) is 0 Å². The Balaban J connectivity index is 1.85. The zero-order chi connectivity index (χ0) is 15.5. The van der Waals surface area contributed by atoms with Gasteiger partial charge in [0.2, 0.25) is 0 Å². The van der Waals surface area contributed by atoms with Gasteiger partial charge < -0.3 is 10.4 Å². The van der Waals surface area contributed by atoms with Crippen LogP contribution >= 0.6 is 22.9 Å². The maximum Gasteiger partial charge on any atom is 0.0934 e. The topological polar surface area (TPSA) is 32.3 Å². The number of piperidine rings is 1. The van der Waals surface area contributed by atoms with Crippen LogP contribution in [0.4, 0.5) is 0 Å². The van der Waals surface area contributed by atoms with E-state index in [9.17, 15) is 5.11 Å². The number of aliphatic hydroxyl groups is 1. The molecule has 3 rings (SSSR count). The molecule has 0 spiro atoms. The van der Waals surface area contributed by atoms with Crippen molar-refractivity contribution >= 4 is 22.9 Å². The number of benzene rings is 1. The van der Waals surface area contributed by atoms with E-state index in [1.807, 2.05) is 6.07 Å². The zero-order valence-corrected chi connectivity index (χ0v) is 14.3. The third-order valence-corrected chi connectivity index (χ3v) is 5.88. The monoisotopic (exact) mass is 335 g/mol. The summed E-state index contributed by atoms with van der Waals surface area (Å²) in [5.41, 5.74) is 2.58. The molecule has 0 bridgehead atoms. The summed E-state index contributed by atoms with van der Waals surface area (Å²) in [5, 5.41) is 13.0. The fourth-order valence-corrected chi connectivity index (χ4v) is 4.93. The molecule has 3 unspecified atom stereocenters. The Hall–Kier alpha value is -0.870. The summed E-state index contributed by atoms with van der Waals surface area (Å²) in [7, 11) is 0. The van der Waals surface area contributed by atoms with Crippen molar-refractivity contribution in [3.05, 3.63) is 56.7 Å². The van der Waals surface area contributed by atoms with Gasteiger partial charge in [-0.05, 0) is 49.3 Å². The van der Waals surface area contributed by atoms with Crippen LogP contribution in [0.3, 0.4) is 0 Å². The third-order valence-electron chi connectivity index (χ3n) is 4.41. The predicted octanol–water partition coefficient (Wildman–Crippen LogP) is 4.53. The van der Waals surface area contributed by atoms with Crippen LogP contribution in [0, 0.1) is 0 Å². The van der Waals surface area contributed by atoms with Crippen LogP contribution in [0.1, 0.15) is 47.7 Å². The molecule has 2 aromatic rings. The Labute approximate surface area is 141 Å². The number of aliphatic hydroxyl groups excluding tert-OH is 1. The molecule has 22 heavy (non-hydrogen) atoms. The molecule has 0 amide bonds. The lowest BCUT2D eigenvalue weighted by Gasteiger charge is -2.35. The molecule has 0 radical (unpaired) electrons. The van der Waals surface area contributed by atoms with Gasteiger partial charge >= 0.3 is 0 Å². The van der Waals surface area contributed by atoms with Crippen molar-refractivity contribution < 1.29 is 5.11 Å². The summed E-state index contributed by atoms with van der Waals surface area (Å²) in [5.74, 6) is 0.514. The number of hydrogen-bond donors (Lipinski definition) is 2. The molecule has 2 heterocycles. The van der Waals surface area contributed by atoms with Crippen molar-refractivity contribution in [2.24, 2.45) is 0 Å². The molecule has 1 fully saturated rings. The first-order chi connectivity index (χ1) is 10.7. The Bertz CT molecular complexity index is 613. The van der Waals surface area contributed by atoms with Crippen molar-refractivity contribution in [1.82, 2.24) is 5.32 Å². The van der Waals surface area contributed by atoms with Gasteiger partial charge in [0.15, 0.2) is 0 Å². The van der Waals surface area contributed by atoms with E-state index in [2.05, 4.69) is 42.6 Å². The summed E-state index contributed by atoms with van der Waals surface area (Å²) in [4.78, 5) is 1.37. The summed E-state index contributed by atoms with van der Waals surface area (Å²) in [6, 6.07) is 13.6. The lowest BCUT2D eigenvalue weighted by atomic mass is 9.83. The average molecular weight is 336 g/mol. The lowest BCUT2D eigenvalue weighted by Crippen LogP contribution is -2.37. The molecular weight excluding hydrogens is 314 g/mol. The molecule has 2 nitrogen and oxygen atoms in total. The first kappa shape index (κ1) is 16.0. The van der Waals surface area contributed by atoms with Crippen molar-refractivity contribution in [1.29, 1.82) is 0 Å². The summed E-state index contributed by atoms with van der Waals surface area (Å²) >= 11 is 7.92. The van der Waals surface area contributed by atoms with Crippen LogP contribution in [0.5, 0.6) is 0 Å². The van der Waals surface area contributed by atoms with Gasteiger partial charge in [-0.2, -0.15) is 0 Å². The van der Waals surface area contributed by atoms with Gasteiger partial charge in [-0.1, -0.05) is 41.9 Å². The molecule has 4 heteroatoms. The van der Waals surface area contributed by atoms with Gasteiger partial charge in [-0.3, -0.25) is 0 Å². The second-order valence-corrected chi connectivity index (χ2v) is 7.83. The number of halogens is 1. The molecule has 1 aliphatic heterocycles. The number of rotatable bonds is 4. The highest BCUT2D eigenvalue weighted by Crippen LogP contribution is 2.42. The maximum absolute atomic E-state index is 9.28. The first-order valence-corrected chi connectivity index (χ1v) is 9.06. The van der Waals surface area contributed by atoms with Crippen LogP contribution in [0.15, 0.2) is 36.4 Å². The molecule has 1 aromatic heterocycles. The van der Waals surface area contributed by atoms with Gasteiger partial charge in [0.1, 0.15) is 0 Å². The molecule has 1 aromatic carbocycles. The highest BCUT2D eigenvalue weighted by molar-refractivity contribution is 7.16. The highest BCUT2D eigenvalue weighted by Gasteiger charge is 2.30. The Morgan fingerprint density at radius 1 is 1.27 bits per heavy atom. The Morgan fingerprint density at radius 3 is 2.77 bits per heavy atom. The fraction of sp³-hybridized carbons (Fsp3) is 0.444. The van der Waals surface area contributed by atoms with E-state index < -0.39 is 0 Å². The van der Waals surface area contributed by atoms with Crippen LogP contribution in [0.2, 0.25) is 4.34 Å². The molecule has 2 N–H and O–H groups in total. The minimum Gasteiger partial charge on any atom is -0.396 e. The van der Waals surface area contributed by atoms with Crippen molar-refractivity contribution in [2.75, 3.05) is 6.61 Å². The molecule has 1 saturated heterocycles. The SMILES string of the molecule is CC1CC(c2sc(Cl)cc2CCO)CC(c2ccccc2)N1. The highest BCUT2D eigenvalue weighted by atomic mass is 35.5. The van der Waals surface area contributed by atoms with Crippen LogP contribution in [0.25, 0.3) is 0 Å². The molecular formula is C18H22ClNOS. The lowest BCUT2D eigenvalue weighted by molar-refractivity contribution is 0.294. The summed E-state index contributed by atoms with van der Waals surface area (Å²) in [6.45, 7) is 2.44. The maximum atomic E-state index is 9.28. The van der Waals surface area contributed by atoms with Crippen molar-refractivity contribution in [2.45, 2.75) is 44.2 Å². The van der Waals surface area contributed by atoms with E-state index in [1.54, 1.807) is 11.3 Å². The van der Waals surface area contributed by atoms with Gasteiger partial charge in [0.05, 0.1) is 4.34 Å². The number of nitrogens with one attached hydrogen (secondary N) is 1. The van der Waals surface area contributed by atoms with E-state index in [1.165, 1.54) is 16.0 Å². The van der Waals surface area contributed by atoms with Crippen molar-refractivity contribution in [3.8, 4) is 0 Å². The summed E-state index contributed by atoms with van der Waals surface area (Å²) in [6.07, 6.45) is 2.91. The van der Waals surface area contributed by atoms with E-state index in [4.69, 9.17) is 11.6 Å². The fourth-order valence-electron chi connectivity index (χ4n) is 3.49. The number of thiophene rings is 1. The number of hydrogen-bond acceptors (Lipinski definition) is 3. The minimum absolute atomic E-state index is 0.183. The second kappa shape index (κ2) is 7.14. The van der Waals surface area contributed by atoms with Gasteiger partial charge in [0, 0.05) is 23.6 Å². The zero-order valence-electron chi connectivity index (χ0n) is 12.8. The normalized spacial score (nSPS) is 25.3. The Kier molecular flexibility index (Phi) is 5.19. The standard InChI is InChI=1S/C18H22ClNOS/c1-12-9-15(18-14(7-8-21)11-17(19)22-18)10-16(20-12)13-5-3-2-4-6-13/h2-6,11-12,15-16,20-21H,7-10H2,1H3. The molecule has 118 valence electrons. The second-order valence-electron chi connectivity index (χ2n) is 6.11. The first-order valence-electron chi connectivity index (χ1n) is 7.87. The predicted molar refractivity (Wildman–Crippen MR) is 93.9 cm³/mol. The molecule has 3 atom stereocenters. The van der Waals surface area contributed by atoms with Gasteiger partial charge in [0.25, 0.3) is 0 Å². The van der Waals surface area contributed by atoms with Gasteiger partial charge in [-0.15, -0.1) is 11.3 Å². The average Bonchev–Trinajstić information content (AvgIpc) is 2.89. The summed E-state index contributed by atoms with van der Waals surface area (Å²) < 4.78 is 0.834. The van der Waals surface area contributed by atoms with E-state index >= 15 is 0 Å².